The maximum Gasteiger partial charge on any atom is 0.420 e. The van der Waals surface area contributed by atoms with Crippen LogP contribution in [0.1, 0.15) is 6.92 Å². The fourth-order valence-corrected chi connectivity index (χ4v) is 0.546. The minimum Gasteiger partial charge on any atom is -0.449 e. The van der Waals surface area contributed by atoms with Crippen LogP contribution in [0.15, 0.2) is 25.4 Å². The summed E-state index contributed by atoms with van der Waals surface area (Å²) in [5, 5.41) is 0. The van der Waals surface area contributed by atoms with E-state index < -0.39 is 12.0 Å². The van der Waals surface area contributed by atoms with Gasteiger partial charge in [-0.3, -0.25) is 4.79 Å². The second-order valence-corrected chi connectivity index (χ2v) is 1.79. The maximum atomic E-state index is 10.9. The Labute approximate surface area is 71.1 Å². The Morgan fingerprint density at radius 2 is 2.08 bits per heavy atom. The van der Waals surface area contributed by atoms with E-state index in [4.69, 9.17) is 0 Å². The number of carbonyl (C=O) groups is 2. The van der Waals surface area contributed by atoms with Crippen molar-refractivity contribution >= 4 is 12.0 Å². The first-order chi connectivity index (χ1) is 5.67. The van der Waals surface area contributed by atoms with E-state index in [1.165, 1.54) is 0 Å². The zero-order chi connectivity index (χ0) is 9.56. The molecule has 0 aromatic heterocycles. The number of amides is 2. The Hall–Kier alpha value is -1.58. The summed E-state index contributed by atoms with van der Waals surface area (Å²) < 4.78 is 4.57. The summed E-state index contributed by atoms with van der Waals surface area (Å²) in [4.78, 5) is 22.6. The quantitative estimate of drug-likeness (QED) is 0.598. The fraction of sp³-hybridized carbons (Fsp3) is 0.250. The van der Waals surface area contributed by atoms with Crippen molar-refractivity contribution in [2.75, 3.05) is 6.61 Å². The smallest absolute Gasteiger partial charge is 0.420 e. The first-order valence-electron chi connectivity index (χ1n) is 3.42. The van der Waals surface area contributed by atoms with E-state index in [2.05, 4.69) is 17.9 Å². The highest BCUT2D eigenvalue weighted by atomic mass is 16.6. The van der Waals surface area contributed by atoms with Crippen molar-refractivity contribution in [2.45, 2.75) is 6.92 Å². The van der Waals surface area contributed by atoms with Gasteiger partial charge in [0.1, 0.15) is 0 Å². The standard InChI is InChI=1S/C8H11NO3/c1-4-7(10)9(5-2)8(11)12-6-3/h4-5H,1-2,6H2,3H3. The van der Waals surface area contributed by atoms with E-state index in [0.29, 0.717) is 0 Å². The molecule has 0 aliphatic carbocycles. The molecule has 4 heteroatoms. The van der Waals surface area contributed by atoms with Gasteiger partial charge in [-0.1, -0.05) is 13.2 Å². The van der Waals surface area contributed by atoms with Gasteiger partial charge >= 0.3 is 6.09 Å². The molecule has 12 heavy (non-hydrogen) atoms. The molecular formula is C8H11NO3. The van der Waals surface area contributed by atoms with Gasteiger partial charge in [0, 0.05) is 6.20 Å². The third kappa shape index (κ3) is 2.57. The Morgan fingerprint density at radius 1 is 1.50 bits per heavy atom. The predicted molar refractivity (Wildman–Crippen MR) is 44.3 cm³/mol. The molecule has 0 heterocycles. The average Bonchev–Trinajstić information content (AvgIpc) is 2.06. The van der Waals surface area contributed by atoms with E-state index in [1.54, 1.807) is 6.92 Å². The summed E-state index contributed by atoms with van der Waals surface area (Å²) in [6.45, 7) is 8.38. The molecule has 0 unspecified atom stereocenters. The highest BCUT2D eigenvalue weighted by molar-refractivity contribution is 5.99. The van der Waals surface area contributed by atoms with Gasteiger partial charge in [0.2, 0.25) is 0 Å². The third-order valence-electron chi connectivity index (χ3n) is 1.06. The van der Waals surface area contributed by atoms with E-state index >= 15 is 0 Å². The molecule has 0 aromatic rings. The molecule has 0 fully saturated rings. The van der Waals surface area contributed by atoms with E-state index in [1.807, 2.05) is 0 Å². The highest BCUT2D eigenvalue weighted by Gasteiger charge is 2.15. The zero-order valence-corrected chi connectivity index (χ0v) is 6.95. The molecule has 0 spiro atoms. The van der Waals surface area contributed by atoms with Crippen LogP contribution in [-0.2, 0) is 9.53 Å². The molecular weight excluding hydrogens is 158 g/mol. The number of imide groups is 1. The fourth-order valence-electron chi connectivity index (χ4n) is 0.546. The topological polar surface area (TPSA) is 46.6 Å². The largest absolute Gasteiger partial charge is 0.449 e. The first kappa shape index (κ1) is 10.4. The Balaban J connectivity index is 4.33. The average molecular weight is 169 g/mol. The van der Waals surface area contributed by atoms with E-state index in [0.717, 1.165) is 17.2 Å². The van der Waals surface area contributed by atoms with Gasteiger partial charge in [0.05, 0.1) is 6.61 Å². The maximum absolute atomic E-state index is 10.9. The molecule has 66 valence electrons. The normalized spacial score (nSPS) is 8.42. The minimum absolute atomic E-state index is 0.216. The predicted octanol–water partition coefficient (Wildman–Crippen LogP) is 1.30. The SMILES string of the molecule is C=CC(=O)N(C=C)C(=O)OCC. The second-order valence-electron chi connectivity index (χ2n) is 1.79. The number of ether oxygens (including phenoxy) is 1. The van der Waals surface area contributed by atoms with Crippen molar-refractivity contribution in [1.82, 2.24) is 4.90 Å². The van der Waals surface area contributed by atoms with Crippen molar-refractivity contribution in [3.63, 3.8) is 0 Å². The molecule has 2 amide bonds. The van der Waals surface area contributed by atoms with Crippen LogP contribution in [0.4, 0.5) is 4.79 Å². The van der Waals surface area contributed by atoms with Gasteiger partial charge in [0.25, 0.3) is 5.91 Å². The summed E-state index contributed by atoms with van der Waals surface area (Å²) in [7, 11) is 0. The van der Waals surface area contributed by atoms with Crippen molar-refractivity contribution in [3.05, 3.63) is 25.4 Å². The summed E-state index contributed by atoms with van der Waals surface area (Å²) in [5.41, 5.74) is 0. The van der Waals surface area contributed by atoms with Crippen molar-refractivity contribution in [3.8, 4) is 0 Å². The molecule has 0 saturated carbocycles. The van der Waals surface area contributed by atoms with Crippen LogP contribution in [-0.4, -0.2) is 23.5 Å². The number of nitrogens with zero attached hydrogens (tertiary/aromatic N) is 1. The third-order valence-corrected chi connectivity index (χ3v) is 1.06. The van der Waals surface area contributed by atoms with Crippen molar-refractivity contribution in [1.29, 1.82) is 0 Å². The van der Waals surface area contributed by atoms with Crippen LogP contribution in [0.2, 0.25) is 0 Å². The summed E-state index contributed by atoms with van der Waals surface area (Å²) in [6, 6.07) is 0. The van der Waals surface area contributed by atoms with Crippen LogP contribution >= 0.6 is 0 Å². The first-order valence-corrected chi connectivity index (χ1v) is 3.42. The van der Waals surface area contributed by atoms with Gasteiger partial charge in [0.15, 0.2) is 0 Å². The lowest BCUT2D eigenvalue weighted by Crippen LogP contribution is -2.30. The van der Waals surface area contributed by atoms with Crippen LogP contribution in [0.25, 0.3) is 0 Å². The molecule has 0 aliphatic heterocycles. The van der Waals surface area contributed by atoms with E-state index in [9.17, 15) is 9.59 Å². The van der Waals surface area contributed by atoms with Crippen molar-refractivity contribution < 1.29 is 14.3 Å². The van der Waals surface area contributed by atoms with Gasteiger partial charge in [-0.15, -0.1) is 0 Å². The molecule has 0 bridgehead atoms. The number of hydrogen-bond acceptors (Lipinski definition) is 3. The second kappa shape index (κ2) is 5.12. The molecule has 4 nitrogen and oxygen atoms in total. The molecule has 0 rings (SSSR count). The molecule has 0 aromatic carbocycles. The Bertz CT molecular complexity index is 210. The molecule has 0 atom stereocenters. The van der Waals surface area contributed by atoms with E-state index in [-0.39, 0.29) is 6.61 Å². The van der Waals surface area contributed by atoms with Crippen molar-refractivity contribution in [2.24, 2.45) is 0 Å². The molecule has 0 radical (unpaired) electrons. The molecule has 0 N–H and O–H groups in total. The number of rotatable bonds is 3. The highest BCUT2D eigenvalue weighted by Crippen LogP contribution is 1.96. The Kier molecular flexibility index (Phi) is 4.45. The molecule has 0 saturated heterocycles. The summed E-state index contributed by atoms with van der Waals surface area (Å²) in [5.74, 6) is -0.552. The van der Waals surface area contributed by atoms with Gasteiger partial charge in [-0.2, -0.15) is 0 Å². The molecule has 0 aliphatic rings. The van der Waals surface area contributed by atoms with Gasteiger partial charge < -0.3 is 4.74 Å². The van der Waals surface area contributed by atoms with Crippen LogP contribution in [0.5, 0.6) is 0 Å². The van der Waals surface area contributed by atoms with Crippen LogP contribution < -0.4 is 0 Å². The Morgan fingerprint density at radius 3 is 2.42 bits per heavy atom. The van der Waals surface area contributed by atoms with Gasteiger partial charge in [-0.05, 0) is 13.0 Å². The minimum atomic E-state index is -0.739. The number of hydrogen-bond donors (Lipinski definition) is 0. The zero-order valence-electron chi connectivity index (χ0n) is 6.95. The lowest BCUT2D eigenvalue weighted by Gasteiger charge is -2.12. The lowest BCUT2D eigenvalue weighted by molar-refractivity contribution is -0.122. The monoisotopic (exact) mass is 169 g/mol. The van der Waals surface area contributed by atoms with Crippen LogP contribution in [0.3, 0.4) is 0 Å². The number of carbonyl (C=O) groups excluding carboxylic acids is 2. The van der Waals surface area contributed by atoms with Crippen LogP contribution in [0, 0.1) is 0 Å². The summed E-state index contributed by atoms with van der Waals surface area (Å²) in [6.07, 6.45) is 1.36. The lowest BCUT2D eigenvalue weighted by atomic mass is 10.5. The summed E-state index contributed by atoms with van der Waals surface area (Å²) >= 11 is 0. The van der Waals surface area contributed by atoms with Gasteiger partial charge in [-0.25, -0.2) is 9.69 Å².